The Bertz CT molecular complexity index is 1030. The minimum atomic E-state index is -3.43. The van der Waals surface area contributed by atoms with Crippen molar-refractivity contribution < 1.29 is 8.42 Å². The molecule has 0 aliphatic heterocycles. The van der Waals surface area contributed by atoms with Crippen molar-refractivity contribution in [2.45, 2.75) is 35.7 Å². The third-order valence-corrected chi connectivity index (χ3v) is 7.21. The quantitative estimate of drug-likeness (QED) is 0.526. The highest BCUT2D eigenvalue weighted by Gasteiger charge is 2.18. The molecule has 1 aromatic heterocycles. The van der Waals surface area contributed by atoms with Gasteiger partial charge in [-0.1, -0.05) is 54.2 Å². The van der Waals surface area contributed by atoms with E-state index in [1.165, 1.54) is 24.0 Å². The van der Waals surface area contributed by atoms with Gasteiger partial charge in [-0.05, 0) is 30.2 Å². The molecular weight excluding hydrogens is 392 g/mol. The number of hydrogen-bond donors (Lipinski definition) is 0. The molecule has 3 rings (SSSR count). The van der Waals surface area contributed by atoms with Gasteiger partial charge in [0.05, 0.1) is 4.90 Å². The highest BCUT2D eigenvalue weighted by Crippen LogP contribution is 2.24. The third-order valence-electron chi connectivity index (χ3n) is 4.36. The molecule has 28 heavy (non-hydrogen) atoms. The summed E-state index contributed by atoms with van der Waals surface area (Å²) < 4.78 is 28.0. The van der Waals surface area contributed by atoms with Crippen molar-refractivity contribution in [1.82, 2.24) is 19.1 Å². The molecule has 0 unspecified atom stereocenters. The number of nitrogens with zero attached hydrogens (tertiary/aromatic N) is 4. The molecular formula is C20H24N4O2S2. The zero-order valence-electron chi connectivity index (χ0n) is 16.2. The van der Waals surface area contributed by atoms with Crippen molar-refractivity contribution in [3.05, 3.63) is 71.5 Å². The summed E-state index contributed by atoms with van der Waals surface area (Å²) in [6.45, 7) is 2.86. The van der Waals surface area contributed by atoms with Crippen LogP contribution in [0.4, 0.5) is 0 Å². The van der Waals surface area contributed by atoms with Crippen molar-refractivity contribution in [2.75, 3.05) is 14.1 Å². The van der Waals surface area contributed by atoms with E-state index in [-0.39, 0.29) is 0 Å². The molecule has 0 aliphatic carbocycles. The van der Waals surface area contributed by atoms with Gasteiger partial charge in [0.15, 0.2) is 5.16 Å². The number of rotatable bonds is 8. The largest absolute Gasteiger partial charge is 0.306 e. The number of benzene rings is 2. The van der Waals surface area contributed by atoms with Crippen LogP contribution >= 0.6 is 11.8 Å². The molecule has 2 aromatic carbocycles. The van der Waals surface area contributed by atoms with Crippen LogP contribution in [-0.4, -0.2) is 41.6 Å². The van der Waals surface area contributed by atoms with Crippen molar-refractivity contribution in [1.29, 1.82) is 0 Å². The number of sulfonamides is 1. The molecule has 0 aliphatic rings. The Morgan fingerprint density at radius 2 is 1.71 bits per heavy atom. The Labute approximate surface area is 170 Å². The maximum atomic E-state index is 12.3. The fourth-order valence-corrected chi connectivity index (χ4v) is 4.74. The molecule has 0 bridgehead atoms. The second-order valence-electron chi connectivity index (χ2n) is 6.53. The molecule has 0 radical (unpaired) electrons. The van der Waals surface area contributed by atoms with Crippen LogP contribution in [0, 0.1) is 0 Å². The van der Waals surface area contributed by atoms with Gasteiger partial charge in [0.25, 0.3) is 0 Å². The molecule has 0 saturated carbocycles. The van der Waals surface area contributed by atoms with E-state index in [1.54, 1.807) is 30.0 Å². The van der Waals surface area contributed by atoms with Crippen LogP contribution in [0.15, 0.2) is 64.6 Å². The minimum absolute atomic E-state index is 0.303. The predicted octanol–water partition coefficient (Wildman–Crippen LogP) is 3.43. The lowest BCUT2D eigenvalue weighted by molar-refractivity contribution is 0.520. The maximum absolute atomic E-state index is 12.3. The molecule has 0 atom stereocenters. The van der Waals surface area contributed by atoms with Gasteiger partial charge in [0, 0.05) is 32.8 Å². The van der Waals surface area contributed by atoms with Gasteiger partial charge in [0.2, 0.25) is 10.0 Å². The zero-order valence-corrected chi connectivity index (χ0v) is 17.9. The van der Waals surface area contributed by atoms with Crippen LogP contribution in [0.3, 0.4) is 0 Å². The Balaban J connectivity index is 1.75. The lowest BCUT2D eigenvalue weighted by Crippen LogP contribution is -2.22. The normalized spacial score (nSPS) is 11.9. The highest BCUT2D eigenvalue weighted by molar-refractivity contribution is 7.98. The van der Waals surface area contributed by atoms with Crippen LogP contribution in [-0.2, 0) is 28.7 Å². The standard InChI is InChI=1S/C20H24N4O2S2/c1-4-24-19(14-16-9-6-5-7-10-16)21-22-20(24)27-15-17-11-8-12-18(13-17)28(25,26)23(2)3/h5-13H,4,14-15H2,1-3H3. The molecule has 0 fully saturated rings. The van der Waals surface area contributed by atoms with Crippen LogP contribution in [0.25, 0.3) is 0 Å². The SMILES string of the molecule is CCn1c(Cc2ccccc2)nnc1SCc1cccc(S(=O)(=O)N(C)C)c1. The summed E-state index contributed by atoms with van der Waals surface area (Å²) in [6.07, 6.45) is 0.735. The summed E-state index contributed by atoms with van der Waals surface area (Å²) in [7, 11) is -0.362. The Hall–Kier alpha value is -2.16. The molecule has 1 heterocycles. The fraction of sp³-hybridized carbons (Fsp3) is 0.300. The van der Waals surface area contributed by atoms with E-state index in [2.05, 4.69) is 33.8 Å². The molecule has 0 spiro atoms. The number of hydrogen-bond acceptors (Lipinski definition) is 5. The van der Waals surface area contributed by atoms with Gasteiger partial charge in [-0.2, -0.15) is 0 Å². The van der Waals surface area contributed by atoms with E-state index in [4.69, 9.17) is 0 Å². The van der Waals surface area contributed by atoms with Crippen LogP contribution in [0.1, 0.15) is 23.9 Å². The summed E-state index contributed by atoms with van der Waals surface area (Å²) >= 11 is 1.56. The summed E-state index contributed by atoms with van der Waals surface area (Å²) in [6, 6.07) is 17.3. The summed E-state index contributed by atoms with van der Waals surface area (Å²) in [5, 5.41) is 9.55. The van der Waals surface area contributed by atoms with E-state index in [1.807, 2.05) is 24.3 Å². The number of thioether (sulfide) groups is 1. The average Bonchev–Trinajstić information content (AvgIpc) is 3.08. The topological polar surface area (TPSA) is 68.1 Å². The van der Waals surface area contributed by atoms with Gasteiger partial charge < -0.3 is 4.57 Å². The third kappa shape index (κ3) is 4.63. The molecule has 0 saturated heterocycles. The molecule has 8 heteroatoms. The number of aromatic nitrogens is 3. The molecule has 0 amide bonds. The van der Waals surface area contributed by atoms with Crippen molar-refractivity contribution >= 4 is 21.8 Å². The van der Waals surface area contributed by atoms with Gasteiger partial charge in [-0.25, -0.2) is 12.7 Å². The van der Waals surface area contributed by atoms with Crippen LogP contribution in [0.5, 0.6) is 0 Å². The van der Waals surface area contributed by atoms with Crippen molar-refractivity contribution in [2.24, 2.45) is 0 Å². The van der Waals surface area contributed by atoms with Crippen molar-refractivity contribution in [3.8, 4) is 0 Å². The first-order valence-electron chi connectivity index (χ1n) is 9.02. The van der Waals surface area contributed by atoms with E-state index in [0.29, 0.717) is 10.6 Å². The van der Waals surface area contributed by atoms with E-state index >= 15 is 0 Å². The summed E-state index contributed by atoms with van der Waals surface area (Å²) in [4.78, 5) is 0.303. The maximum Gasteiger partial charge on any atom is 0.242 e. The van der Waals surface area contributed by atoms with E-state index in [9.17, 15) is 8.42 Å². The smallest absolute Gasteiger partial charge is 0.242 e. The monoisotopic (exact) mass is 416 g/mol. The highest BCUT2D eigenvalue weighted by atomic mass is 32.2. The Morgan fingerprint density at radius 1 is 1.00 bits per heavy atom. The average molecular weight is 417 g/mol. The summed E-state index contributed by atoms with van der Waals surface area (Å²) in [5.41, 5.74) is 2.13. The fourth-order valence-electron chi connectivity index (χ4n) is 2.81. The first-order chi connectivity index (χ1) is 13.4. The second-order valence-corrected chi connectivity index (χ2v) is 9.62. The Kier molecular flexibility index (Phi) is 6.53. The molecule has 0 N–H and O–H groups in total. The van der Waals surface area contributed by atoms with Crippen molar-refractivity contribution in [3.63, 3.8) is 0 Å². The van der Waals surface area contributed by atoms with Gasteiger partial charge in [0.1, 0.15) is 5.82 Å². The van der Waals surface area contributed by atoms with Gasteiger partial charge in [-0.3, -0.25) is 0 Å². The van der Waals surface area contributed by atoms with Gasteiger partial charge in [-0.15, -0.1) is 10.2 Å². The first-order valence-corrected chi connectivity index (χ1v) is 11.4. The molecule has 148 valence electrons. The molecule has 6 nitrogen and oxygen atoms in total. The second kappa shape index (κ2) is 8.89. The van der Waals surface area contributed by atoms with Crippen LogP contribution < -0.4 is 0 Å². The van der Waals surface area contributed by atoms with Crippen LogP contribution in [0.2, 0.25) is 0 Å². The lowest BCUT2D eigenvalue weighted by Gasteiger charge is -2.12. The minimum Gasteiger partial charge on any atom is -0.306 e. The Morgan fingerprint density at radius 3 is 2.39 bits per heavy atom. The van der Waals surface area contributed by atoms with E-state index in [0.717, 1.165) is 29.5 Å². The zero-order chi connectivity index (χ0) is 20.1. The lowest BCUT2D eigenvalue weighted by atomic mass is 10.1. The van der Waals surface area contributed by atoms with E-state index < -0.39 is 10.0 Å². The summed E-state index contributed by atoms with van der Waals surface area (Å²) in [5.74, 6) is 1.56. The first kappa shape index (κ1) is 20.6. The predicted molar refractivity (Wildman–Crippen MR) is 112 cm³/mol. The van der Waals surface area contributed by atoms with Gasteiger partial charge >= 0.3 is 0 Å². The molecule has 3 aromatic rings.